The van der Waals surface area contributed by atoms with Crippen molar-refractivity contribution in [1.82, 2.24) is 0 Å². The topological polar surface area (TPSA) is 89.3 Å². The second-order valence-electron chi connectivity index (χ2n) is 4.57. The van der Waals surface area contributed by atoms with Crippen molar-refractivity contribution < 1.29 is 26.4 Å². The number of amides is 1. The second kappa shape index (κ2) is 5.92. The number of hydrogen-bond acceptors (Lipinski definition) is 3. The predicted molar refractivity (Wildman–Crippen MR) is 77.2 cm³/mol. The van der Waals surface area contributed by atoms with Crippen LogP contribution in [0.25, 0.3) is 0 Å². The fourth-order valence-corrected chi connectivity index (χ4v) is 2.82. The lowest BCUT2D eigenvalue weighted by Gasteiger charge is -2.10. The normalized spacial score (nSPS) is 12.0. The molecule has 0 aliphatic carbocycles. The Hall–Kier alpha value is -2.55. The maximum atomic E-state index is 12.5. The molecule has 0 saturated carbocycles. The van der Waals surface area contributed by atoms with Crippen molar-refractivity contribution in [3.05, 3.63) is 59.7 Å². The summed E-state index contributed by atoms with van der Waals surface area (Å²) in [6, 6.07) is 8.48. The Morgan fingerprint density at radius 1 is 1.04 bits per heavy atom. The molecule has 0 unspecified atom stereocenters. The Kier molecular flexibility index (Phi) is 4.33. The van der Waals surface area contributed by atoms with Gasteiger partial charge in [0.2, 0.25) is 5.91 Å². The summed E-state index contributed by atoms with van der Waals surface area (Å²) in [6.45, 7) is 0. The molecule has 0 atom stereocenters. The number of carbonyl (C=O) groups excluding carboxylic acids is 1. The number of nitrogens with one attached hydrogen (secondary N) is 1. The summed E-state index contributed by atoms with van der Waals surface area (Å²) in [5.74, 6) is -0.736. The number of sulfonamides is 1. The molecule has 5 nitrogen and oxygen atoms in total. The zero-order chi connectivity index (χ0) is 17.3. The predicted octanol–water partition coefficient (Wildman–Crippen LogP) is 2.61. The zero-order valence-corrected chi connectivity index (χ0v) is 12.3. The van der Waals surface area contributed by atoms with E-state index >= 15 is 0 Å². The average Bonchev–Trinajstić information content (AvgIpc) is 2.46. The van der Waals surface area contributed by atoms with Crippen molar-refractivity contribution in [2.45, 2.75) is 11.1 Å². The van der Waals surface area contributed by atoms with Gasteiger partial charge in [-0.05, 0) is 42.5 Å². The van der Waals surface area contributed by atoms with Crippen molar-refractivity contribution in [3.63, 3.8) is 0 Å². The zero-order valence-electron chi connectivity index (χ0n) is 11.5. The highest BCUT2D eigenvalue weighted by molar-refractivity contribution is 7.92. The van der Waals surface area contributed by atoms with Crippen LogP contribution in [-0.2, 0) is 16.2 Å². The maximum Gasteiger partial charge on any atom is 0.416 e. The molecule has 0 aliphatic heterocycles. The summed E-state index contributed by atoms with van der Waals surface area (Å²) in [5.41, 5.74) is 4.31. The molecule has 0 bridgehead atoms. The first-order chi connectivity index (χ1) is 10.6. The molecule has 1 amide bonds. The van der Waals surface area contributed by atoms with Crippen LogP contribution in [0.15, 0.2) is 53.4 Å². The number of carbonyl (C=O) groups is 1. The number of hydrogen-bond donors (Lipinski definition) is 2. The van der Waals surface area contributed by atoms with Crippen LogP contribution in [0.5, 0.6) is 0 Å². The van der Waals surface area contributed by atoms with Crippen LogP contribution in [0, 0.1) is 0 Å². The number of rotatable bonds is 4. The molecule has 0 aromatic heterocycles. The third-order valence-corrected chi connectivity index (χ3v) is 4.29. The lowest BCUT2D eigenvalue weighted by molar-refractivity contribution is -0.137. The highest BCUT2D eigenvalue weighted by Crippen LogP contribution is 2.30. The maximum absolute atomic E-state index is 12.5. The van der Waals surface area contributed by atoms with Crippen LogP contribution in [0.1, 0.15) is 15.9 Å². The summed E-state index contributed by atoms with van der Waals surface area (Å²) in [6.07, 6.45) is -4.55. The van der Waals surface area contributed by atoms with Crippen LogP contribution in [0.2, 0.25) is 0 Å². The van der Waals surface area contributed by atoms with E-state index in [0.717, 1.165) is 12.1 Å². The summed E-state index contributed by atoms with van der Waals surface area (Å²) < 4.78 is 63.9. The molecular formula is C14H11F3N2O3S. The summed E-state index contributed by atoms with van der Waals surface area (Å²) in [5, 5.41) is 0. The van der Waals surface area contributed by atoms with E-state index in [4.69, 9.17) is 5.73 Å². The van der Waals surface area contributed by atoms with Crippen molar-refractivity contribution in [2.75, 3.05) is 4.72 Å². The lowest BCUT2D eigenvalue weighted by atomic mass is 10.2. The molecular weight excluding hydrogens is 333 g/mol. The van der Waals surface area contributed by atoms with Crippen LogP contribution in [-0.4, -0.2) is 14.3 Å². The highest BCUT2D eigenvalue weighted by atomic mass is 32.2. The minimum atomic E-state index is -4.55. The molecule has 0 fully saturated rings. The third-order valence-electron chi connectivity index (χ3n) is 2.89. The molecule has 9 heteroatoms. The van der Waals surface area contributed by atoms with Gasteiger partial charge in [-0.25, -0.2) is 8.42 Å². The van der Waals surface area contributed by atoms with Crippen LogP contribution >= 0.6 is 0 Å². The van der Waals surface area contributed by atoms with Gasteiger partial charge in [-0.2, -0.15) is 13.2 Å². The van der Waals surface area contributed by atoms with Crippen molar-refractivity contribution in [3.8, 4) is 0 Å². The van der Waals surface area contributed by atoms with Gasteiger partial charge in [0.15, 0.2) is 0 Å². The molecule has 0 spiro atoms. The van der Waals surface area contributed by atoms with E-state index in [1.165, 1.54) is 24.3 Å². The van der Waals surface area contributed by atoms with Crippen LogP contribution in [0.4, 0.5) is 18.9 Å². The Labute approximate surface area is 130 Å². The Morgan fingerprint density at radius 2 is 1.65 bits per heavy atom. The molecule has 0 saturated heterocycles. The van der Waals surface area contributed by atoms with Gasteiger partial charge in [0.1, 0.15) is 0 Å². The van der Waals surface area contributed by atoms with E-state index in [2.05, 4.69) is 4.72 Å². The largest absolute Gasteiger partial charge is 0.416 e. The van der Waals surface area contributed by atoms with E-state index in [0.29, 0.717) is 12.1 Å². The Morgan fingerprint density at radius 3 is 2.17 bits per heavy atom. The number of nitrogens with two attached hydrogens (primary N) is 1. The van der Waals surface area contributed by atoms with E-state index in [9.17, 15) is 26.4 Å². The molecule has 0 radical (unpaired) electrons. The van der Waals surface area contributed by atoms with Gasteiger partial charge in [-0.3, -0.25) is 9.52 Å². The molecule has 3 N–H and O–H groups in total. The molecule has 2 aromatic carbocycles. The molecule has 0 aliphatic rings. The standard InChI is InChI=1S/C14H11F3N2O3S/c15-14(16,17)10-4-6-12(7-5-10)23(21,22)19-11-3-1-2-9(8-11)13(18)20/h1-8,19H,(H2,18,20). The van der Waals surface area contributed by atoms with Crippen LogP contribution in [0.3, 0.4) is 0 Å². The van der Waals surface area contributed by atoms with Crippen molar-refractivity contribution in [2.24, 2.45) is 5.73 Å². The first kappa shape index (κ1) is 16.8. The minimum Gasteiger partial charge on any atom is -0.366 e. The summed E-state index contributed by atoms with van der Waals surface area (Å²) in [4.78, 5) is 10.7. The van der Waals surface area contributed by atoms with E-state index in [-0.39, 0.29) is 16.1 Å². The van der Waals surface area contributed by atoms with Crippen LogP contribution < -0.4 is 10.5 Å². The van der Waals surface area contributed by atoms with E-state index in [1.54, 1.807) is 0 Å². The van der Waals surface area contributed by atoms with Gasteiger partial charge < -0.3 is 5.73 Å². The number of primary amides is 1. The first-order valence-corrected chi connectivity index (χ1v) is 7.68. The highest BCUT2D eigenvalue weighted by Gasteiger charge is 2.30. The van der Waals surface area contributed by atoms with Crippen molar-refractivity contribution in [1.29, 1.82) is 0 Å². The number of halogens is 3. The fraction of sp³-hybridized carbons (Fsp3) is 0.0714. The van der Waals surface area contributed by atoms with E-state index in [1.807, 2.05) is 0 Å². The smallest absolute Gasteiger partial charge is 0.366 e. The molecule has 0 heterocycles. The average molecular weight is 344 g/mol. The van der Waals surface area contributed by atoms with Crippen molar-refractivity contribution >= 4 is 21.6 Å². The monoisotopic (exact) mass is 344 g/mol. The number of benzene rings is 2. The summed E-state index contributed by atoms with van der Waals surface area (Å²) >= 11 is 0. The Balaban J connectivity index is 2.29. The SMILES string of the molecule is NC(=O)c1cccc(NS(=O)(=O)c2ccc(C(F)(F)F)cc2)c1. The van der Waals surface area contributed by atoms with Gasteiger partial charge in [-0.1, -0.05) is 6.07 Å². The fourth-order valence-electron chi connectivity index (χ4n) is 1.77. The lowest BCUT2D eigenvalue weighted by Crippen LogP contribution is -2.15. The summed E-state index contributed by atoms with van der Waals surface area (Å²) in [7, 11) is -4.09. The Bertz CT molecular complexity index is 831. The first-order valence-electron chi connectivity index (χ1n) is 6.19. The number of alkyl halides is 3. The minimum absolute atomic E-state index is 0.0706. The number of anilines is 1. The van der Waals surface area contributed by atoms with Gasteiger partial charge in [0.25, 0.3) is 10.0 Å². The second-order valence-corrected chi connectivity index (χ2v) is 6.26. The van der Waals surface area contributed by atoms with Gasteiger partial charge in [0.05, 0.1) is 10.5 Å². The third kappa shape index (κ3) is 4.01. The molecule has 2 aromatic rings. The van der Waals surface area contributed by atoms with Gasteiger partial charge >= 0.3 is 6.18 Å². The van der Waals surface area contributed by atoms with Gasteiger partial charge in [-0.15, -0.1) is 0 Å². The molecule has 2 rings (SSSR count). The quantitative estimate of drug-likeness (QED) is 0.893. The molecule has 23 heavy (non-hydrogen) atoms. The molecule has 122 valence electrons. The van der Waals surface area contributed by atoms with E-state index < -0.39 is 27.7 Å². The van der Waals surface area contributed by atoms with Gasteiger partial charge in [0, 0.05) is 11.3 Å².